The van der Waals surface area contributed by atoms with Crippen molar-refractivity contribution in [2.24, 2.45) is 5.92 Å². The van der Waals surface area contributed by atoms with Crippen LogP contribution in [0, 0.1) is 5.92 Å². The fraction of sp³-hybridized carbons (Fsp3) is 0.333. The molecule has 3 aromatic rings. The molecule has 0 bridgehead atoms. The van der Waals surface area contributed by atoms with E-state index in [4.69, 9.17) is 0 Å². The molecule has 0 saturated heterocycles. The molecule has 0 aliphatic carbocycles. The van der Waals surface area contributed by atoms with Crippen LogP contribution in [0.5, 0.6) is 11.5 Å². The first-order chi connectivity index (χ1) is 19.3. The predicted molar refractivity (Wildman–Crippen MR) is 126 cm³/mol. The fourth-order valence-corrected chi connectivity index (χ4v) is 4.41. The Kier molecular flexibility index (Phi) is 9.64. The van der Waals surface area contributed by atoms with Crippen LogP contribution in [0.1, 0.15) is 16.7 Å². The van der Waals surface area contributed by atoms with E-state index in [0.717, 1.165) is 36.4 Å². The molecule has 0 aromatic heterocycles. The Hall–Kier alpha value is -3.62. The molecule has 0 saturated carbocycles. The van der Waals surface area contributed by atoms with E-state index in [0.29, 0.717) is 5.56 Å². The molecule has 230 valence electrons. The Morgan fingerprint density at radius 3 is 1.43 bits per heavy atom. The molecular weight excluding hydrogens is 598 g/mol. The number of benzene rings is 3. The van der Waals surface area contributed by atoms with Crippen molar-refractivity contribution in [3.8, 4) is 11.5 Å². The molecule has 0 atom stereocenters. The highest BCUT2D eigenvalue weighted by Crippen LogP contribution is 2.42. The molecule has 1 N–H and O–H groups in total. The van der Waals surface area contributed by atoms with E-state index in [-0.39, 0.29) is 17.5 Å². The van der Waals surface area contributed by atoms with Crippen LogP contribution in [0.2, 0.25) is 0 Å². The van der Waals surface area contributed by atoms with Gasteiger partial charge in [-0.2, -0.15) is 26.3 Å². The number of nitrogens with one attached hydrogen (secondary N) is 1. The Morgan fingerprint density at radius 2 is 1.02 bits per heavy atom. The minimum atomic E-state index is -5.70. The molecule has 0 unspecified atom stereocenters. The van der Waals surface area contributed by atoms with Gasteiger partial charge < -0.3 is 14.8 Å². The molecule has 15 heteroatoms. The summed E-state index contributed by atoms with van der Waals surface area (Å²) in [5.74, 6) is -5.36. The van der Waals surface area contributed by atoms with Crippen LogP contribution >= 0.6 is 0 Å². The monoisotopic (exact) mass is 619 g/mol. The van der Waals surface area contributed by atoms with E-state index in [9.17, 15) is 52.7 Å². The largest absolute Gasteiger partial charge is 0.573 e. The summed E-state index contributed by atoms with van der Waals surface area (Å²) in [6.45, 7) is -2.46. The maximum absolute atomic E-state index is 13.2. The van der Waals surface area contributed by atoms with Crippen molar-refractivity contribution in [2.75, 3.05) is 13.1 Å². The summed E-state index contributed by atoms with van der Waals surface area (Å²) in [5.41, 5.74) is -1.65. The summed E-state index contributed by atoms with van der Waals surface area (Å²) in [6, 6.07) is 15.9. The van der Waals surface area contributed by atoms with Crippen molar-refractivity contribution in [3.63, 3.8) is 0 Å². The van der Waals surface area contributed by atoms with Crippen LogP contribution in [-0.2, 0) is 11.8 Å². The Bertz CT molecular complexity index is 1230. The van der Waals surface area contributed by atoms with Gasteiger partial charge in [0.2, 0.25) is 0 Å². The molecule has 0 aliphatic rings. The van der Waals surface area contributed by atoms with E-state index >= 15 is 0 Å². The molecule has 42 heavy (non-hydrogen) atoms. The second-order valence-electron chi connectivity index (χ2n) is 9.16. The first kappa shape index (κ1) is 32.9. The lowest BCUT2D eigenvalue weighted by Crippen LogP contribution is -2.48. The predicted octanol–water partition coefficient (Wildman–Crippen LogP) is 8.34. The van der Waals surface area contributed by atoms with Gasteiger partial charge in [0.25, 0.3) is 0 Å². The lowest BCUT2D eigenvalue weighted by Gasteiger charge is -2.37. The molecule has 0 aliphatic heterocycles. The first-order valence-corrected chi connectivity index (χ1v) is 11.9. The topological polar surface area (TPSA) is 30.5 Å². The highest BCUT2D eigenvalue weighted by atomic mass is 19.4. The Labute approximate surface area is 231 Å². The minimum absolute atomic E-state index is 0.111. The molecule has 0 spiro atoms. The number of rotatable bonds is 10. The molecule has 0 heterocycles. The molecule has 3 aromatic carbocycles. The van der Waals surface area contributed by atoms with Gasteiger partial charge in [0.15, 0.2) is 5.92 Å². The van der Waals surface area contributed by atoms with Crippen LogP contribution in [0.3, 0.4) is 0 Å². The number of hydrogen-bond acceptors (Lipinski definition) is 3. The first-order valence-electron chi connectivity index (χ1n) is 11.9. The van der Waals surface area contributed by atoms with Gasteiger partial charge in [-0.1, -0.05) is 54.6 Å². The second-order valence-corrected chi connectivity index (χ2v) is 9.16. The standard InChI is InChI=1S/C27H21F12NO2/c28-24(29,30)22(25(31,32)33)15-40-16-23(14-17-6-2-1-3-7-17,18-8-4-10-20(12-18)41-26(34,35)36)19-9-5-11-21(13-19)42-27(37,38)39/h1-13,22,40H,14-16H2. The van der Waals surface area contributed by atoms with Gasteiger partial charge in [-0.15, -0.1) is 26.3 Å². The van der Waals surface area contributed by atoms with E-state index in [1.165, 1.54) is 24.3 Å². The van der Waals surface area contributed by atoms with Crippen LogP contribution in [-0.4, -0.2) is 38.2 Å². The van der Waals surface area contributed by atoms with Gasteiger partial charge in [0, 0.05) is 18.5 Å². The number of ether oxygens (including phenoxy) is 2. The molecule has 0 radical (unpaired) electrons. The number of alkyl halides is 12. The molecule has 0 fully saturated rings. The Morgan fingerprint density at radius 1 is 0.571 bits per heavy atom. The summed E-state index contributed by atoms with van der Waals surface area (Å²) in [7, 11) is 0. The molecular formula is C27H21F12NO2. The maximum Gasteiger partial charge on any atom is 0.573 e. The zero-order valence-corrected chi connectivity index (χ0v) is 21.1. The normalized spacial score (nSPS) is 13.4. The van der Waals surface area contributed by atoms with Crippen molar-refractivity contribution in [3.05, 3.63) is 95.6 Å². The van der Waals surface area contributed by atoms with Crippen LogP contribution in [0.25, 0.3) is 0 Å². The third-order valence-corrected chi connectivity index (χ3v) is 6.15. The zero-order chi connectivity index (χ0) is 31.4. The average molecular weight is 619 g/mol. The third kappa shape index (κ3) is 9.19. The van der Waals surface area contributed by atoms with Gasteiger partial charge in [0.1, 0.15) is 11.5 Å². The minimum Gasteiger partial charge on any atom is -0.406 e. The van der Waals surface area contributed by atoms with E-state index < -0.39 is 61.0 Å². The van der Waals surface area contributed by atoms with Crippen molar-refractivity contribution in [1.82, 2.24) is 5.32 Å². The average Bonchev–Trinajstić information content (AvgIpc) is 2.83. The summed E-state index contributed by atoms with van der Waals surface area (Å²) in [4.78, 5) is 0. The Balaban J connectivity index is 2.21. The van der Waals surface area contributed by atoms with Gasteiger partial charge in [0.05, 0.1) is 0 Å². The van der Waals surface area contributed by atoms with Crippen molar-refractivity contribution < 1.29 is 62.2 Å². The molecule has 0 amide bonds. The molecule has 3 rings (SSSR count). The summed E-state index contributed by atoms with van der Waals surface area (Å²) >= 11 is 0. The van der Waals surface area contributed by atoms with Gasteiger partial charge in [-0.05, 0) is 47.4 Å². The van der Waals surface area contributed by atoms with Crippen LogP contribution in [0.4, 0.5) is 52.7 Å². The van der Waals surface area contributed by atoms with E-state index in [2.05, 4.69) is 14.8 Å². The number of hydrogen-bond donors (Lipinski definition) is 1. The summed E-state index contributed by atoms with van der Waals surface area (Å²) < 4.78 is 165. The van der Waals surface area contributed by atoms with E-state index in [1.54, 1.807) is 18.2 Å². The highest BCUT2D eigenvalue weighted by molar-refractivity contribution is 5.47. The maximum atomic E-state index is 13.2. The molecule has 3 nitrogen and oxygen atoms in total. The van der Waals surface area contributed by atoms with Gasteiger partial charge >= 0.3 is 25.1 Å². The fourth-order valence-electron chi connectivity index (χ4n) is 4.41. The van der Waals surface area contributed by atoms with E-state index in [1.807, 2.05) is 0 Å². The van der Waals surface area contributed by atoms with Crippen LogP contribution in [0.15, 0.2) is 78.9 Å². The van der Waals surface area contributed by atoms with Crippen LogP contribution < -0.4 is 14.8 Å². The summed E-state index contributed by atoms with van der Waals surface area (Å²) in [6.07, 6.45) is -22.0. The van der Waals surface area contributed by atoms with Crippen molar-refractivity contribution >= 4 is 0 Å². The van der Waals surface area contributed by atoms with Crippen molar-refractivity contribution in [1.29, 1.82) is 0 Å². The third-order valence-electron chi connectivity index (χ3n) is 6.15. The quantitative estimate of drug-likeness (QED) is 0.232. The smallest absolute Gasteiger partial charge is 0.406 e. The highest BCUT2D eigenvalue weighted by Gasteiger charge is 2.56. The van der Waals surface area contributed by atoms with Gasteiger partial charge in [-0.25, -0.2) is 0 Å². The summed E-state index contributed by atoms with van der Waals surface area (Å²) in [5, 5.41) is 2.13. The SMILES string of the molecule is FC(F)(F)Oc1cccc(C(CNCC(C(F)(F)F)C(F)(F)F)(Cc2ccccc2)c2cccc(OC(F)(F)F)c2)c1. The second kappa shape index (κ2) is 12.3. The van der Waals surface area contributed by atoms with Gasteiger partial charge in [-0.3, -0.25) is 0 Å². The lowest BCUT2D eigenvalue weighted by molar-refractivity contribution is -0.282. The van der Waals surface area contributed by atoms with Crippen molar-refractivity contribution in [2.45, 2.75) is 36.9 Å². The zero-order valence-electron chi connectivity index (χ0n) is 21.1. The lowest BCUT2D eigenvalue weighted by atomic mass is 9.70. The number of halogens is 12.